The summed E-state index contributed by atoms with van der Waals surface area (Å²) in [6, 6.07) is 0.369. The summed E-state index contributed by atoms with van der Waals surface area (Å²) in [5, 5.41) is 0. The van der Waals surface area contributed by atoms with E-state index in [9.17, 15) is 4.79 Å². The summed E-state index contributed by atoms with van der Waals surface area (Å²) < 4.78 is 5.08. The van der Waals surface area contributed by atoms with Crippen LogP contribution in [-0.4, -0.2) is 43.7 Å². The van der Waals surface area contributed by atoms with Crippen molar-refractivity contribution >= 4 is 5.91 Å². The van der Waals surface area contributed by atoms with Gasteiger partial charge in [0.05, 0.1) is 6.61 Å². The molecule has 0 aromatic rings. The second-order valence-electron chi connectivity index (χ2n) is 5.05. The Morgan fingerprint density at radius 3 is 3.06 bits per heavy atom. The molecule has 2 atom stereocenters. The highest BCUT2D eigenvalue weighted by Gasteiger charge is 2.48. The molecule has 0 radical (unpaired) electrons. The molecule has 2 N–H and O–H groups in total. The van der Waals surface area contributed by atoms with Gasteiger partial charge in [0.2, 0.25) is 5.91 Å². The molecular weight excluding hydrogens is 204 g/mol. The normalized spacial score (nSPS) is 34.2. The van der Waals surface area contributed by atoms with Gasteiger partial charge in [-0.15, -0.1) is 0 Å². The minimum Gasteiger partial charge on any atom is -0.383 e. The predicted molar refractivity (Wildman–Crippen MR) is 61.9 cm³/mol. The third-order valence-corrected chi connectivity index (χ3v) is 4.34. The van der Waals surface area contributed by atoms with Crippen LogP contribution in [0.4, 0.5) is 0 Å². The summed E-state index contributed by atoms with van der Waals surface area (Å²) in [6.07, 6.45) is 5.16. The number of nitrogens with two attached hydrogens (primary N) is 1. The minimum absolute atomic E-state index is 0.210. The number of fused-ring (bicyclic) bond motifs is 1. The Hall–Kier alpha value is -0.610. The van der Waals surface area contributed by atoms with Gasteiger partial charge in [-0.05, 0) is 25.8 Å². The summed E-state index contributed by atoms with van der Waals surface area (Å²) in [7, 11) is 1.68. The van der Waals surface area contributed by atoms with E-state index in [0.717, 1.165) is 19.4 Å². The van der Waals surface area contributed by atoms with Gasteiger partial charge in [0.25, 0.3) is 0 Å². The van der Waals surface area contributed by atoms with E-state index >= 15 is 0 Å². The number of piperidine rings is 1. The van der Waals surface area contributed by atoms with Crippen molar-refractivity contribution < 1.29 is 9.53 Å². The van der Waals surface area contributed by atoms with Gasteiger partial charge in [-0.1, -0.05) is 6.42 Å². The molecule has 4 nitrogen and oxygen atoms in total. The van der Waals surface area contributed by atoms with Gasteiger partial charge in [0, 0.05) is 31.5 Å². The second-order valence-corrected chi connectivity index (χ2v) is 5.05. The molecule has 1 saturated heterocycles. The fourth-order valence-corrected chi connectivity index (χ4v) is 3.38. The number of carbonyl (C=O) groups excluding carboxylic acids is 1. The molecule has 92 valence electrons. The maximum atomic E-state index is 11.9. The maximum absolute atomic E-state index is 11.9. The van der Waals surface area contributed by atoms with Crippen molar-refractivity contribution in [1.29, 1.82) is 0 Å². The monoisotopic (exact) mass is 226 g/mol. The van der Waals surface area contributed by atoms with Crippen LogP contribution in [0.5, 0.6) is 0 Å². The van der Waals surface area contributed by atoms with Crippen LogP contribution in [0.1, 0.15) is 32.1 Å². The predicted octanol–water partition coefficient (Wildman–Crippen LogP) is 0.753. The number of rotatable bonds is 4. The minimum atomic E-state index is 0.210. The SMILES string of the molecule is COCCN1C(=O)CCC2(CN)CCCC12. The quantitative estimate of drug-likeness (QED) is 0.769. The Kier molecular flexibility index (Phi) is 3.50. The Morgan fingerprint density at radius 1 is 1.56 bits per heavy atom. The van der Waals surface area contributed by atoms with E-state index in [4.69, 9.17) is 10.5 Å². The van der Waals surface area contributed by atoms with Crippen LogP contribution >= 0.6 is 0 Å². The van der Waals surface area contributed by atoms with Crippen molar-refractivity contribution in [1.82, 2.24) is 4.90 Å². The van der Waals surface area contributed by atoms with Gasteiger partial charge >= 0.3 is 0 Å². The molecule has 1 aliphatic carbocycles. The molecule has 2 fully saturated rings. The van der Waals surface area contributed by atoms with Gasteiger partial charge < -0.3 is 15.4 Å². The van der Waals surface area contributed by atoms with E-state index in [0.29, 0.717) is 25.6 Å². The number of hydrogen-bond donors (Lipinski definition) is 1. The summed E-state index contributed by atoms with van der Waals surface area (Å²) in [5.41, 5.74) is 6.16. The number of ether oxygens (including phenoxy) is 1. The molecule has 2 unspecified atom stereocenters. The van der Waals surface area contributed by atoms with Gasteiger partial charge in [-0.3, -0.25) is 4.79 Å². The van der Waals surface area contributed by atoms with Crippen molar-refractivity contribution in [2.75, 3.05) is 26.8 Å². The standard InChI is InChI=1S/C12H22N2O2/c1-16-8-7-14-10-3-2-5-12(10,9-13)6-4-11(14)15/h10H,2-9,13H2,1H3. The highest BCUT2D eigenvalue weighted by molar-refractivity contribution is 5.77. The Morgan fingerprint density at radius 2 is 2.38 bits per heavy atom. The molecule has 4 heteroatoms. The van der Waals surface area contributed by atoms with E-state index in [1.54, 1.807) is 7.11 Å². The first-order valence-corrected chi connectivity index (χ1v) is 6.22. The maximum Gasteiger partial charge on any atom is 0.222 e. The molecule has 0 aromatic carbocycles. The van der Waals surface area contributed by atoms with E-state index in [1.165, 1.54) is 12.8 Å². The molecule has 2 aliphatic rings. The molecule has 0 spiro atoms. The third-order valence-electron chi connectivity index (χ3n) is 4.34. The van der Waals surface area contributed by atoms with Gasteiger partial charge in [-0.25, -0.2) is 0 Å². The molecule has 16 heavy (non-hydrogen) atoms. The zero-order valence-electron chi connectivity index (χ0n) is 10.1. The lowest BCUT2D eigenvalue weighted by molar-refractivity contribution is -0.142. The van der Waals surface area contributed by atoms with E-state index in [1.807, 2.05) is 4.90 Å². The van der Waals surface area contributed by atoms with Gasteiger partial charge in [-0.2, -0.15) is 0 Å². The second kappa shape index (κ2) is 4.72. The highest BCUT2D eigenvalue weighted by atomic mass is 16.5. The van der Waals surface area contributed by atoms with Crippen molar-refractivity contribution in [3.8, 4) is 0 Å². The zero-order valence-corrected chi connectivity index (χ0v) is 10.1. The van der Waals surface area contributed by atoms with Crippen LogP contribution in [-0.2, 0) is 9.53 Å². The molecule has 0 aromatic heterocycles. The van der Waals surface area contributed by atoms with Crippen LogP contribution in [0.15, 0.2) is 0 Å². The first-order chi connectivity index (χ1) is 7.73. The lowest BCUT2D eigenvalue weighted by Crippen LogP contribution is -2.55. The topological polar surface area (TPSA) is 55.6 Å². The molecule has 2 rings (SSSR count). The smallest absolute Gasteiger partial charge is 0.222 e. The first-order valence-electron chi connectivity index (χ1n) is 6.22. The molecule has 1 saturated carbocycles. The van der Waals surface area contributed by atoms with Crippen LogP contribution in [0.2, 0.25) is 0 Å². The zero-order chi connectivity index (χ0) is 11.6. The Bertz CT molecular complexity index is 270. The van der Waals surface area contributed by atoms with Crippen molar-refractivity contribution in [3.63, 3.8) is 0 Å². The van der Waals surface area contributed by atoms with Crippen molar-refractivity contribution in [2.24, 2.45) is 11.1 Å². The largest absolute Gasteiger partial charge is 0.383 e. The van der Waals surface area contributed by atoms with Crippen LogP contribution < -0.4 is 5.73 Å². The van der Waals surface area contributed by atoms with Crippen LogP contribution in [0.3, 0.4) is 0 Å². The molecule has 1 heterocycles. The highest BCUT2D eigenvalue weighted by Crippen LogP contribution is 2.47. The first kappa shape index (κ1) is 11.9. The molecular formula is C12H22N2O2. The summed E-state index contributed by atoms with van der Waals surface area (Å²) in [4.78, 5) is 14.0. The number of likely N-dealkylation sites (tertiary alicyclic amines) is 1. The van der Waals surface area contributed by atoms with Crippen LogP contribution in [0.25, 0.3) is 0 Å². The lowest BCUT2D eigenvalue weighted by atomic mass is 9.75. The lowest BCUT2D eigenvalue weighted by Gasteiger charge is -2.45. The van der Waals surface area contributed by atoms with Crippen molar-refractivity contribution in [3.05, 3.63) is 0 Å². The average molecular weight is 226 g/mol. The van der Waals surface area contributed by atoms with Crippen LogP contribution in [0, 0.1) is 5.41 Å². The summed E-state index contributed by atoms with van der Waals surface area (Å²) >= 11 is 0. The number of amides is 1. The van der Waals surface area contributed by atoms with Crippen molar-refractivity contribution in [2.45, 2.75) is 38.1 Å². The molecule has 1 aliphatic heterocycles. The fraction of sp³-hybridized carbons (Fsp3) is 0.917. The fourth-order valence-electron chi connectivity index (χ4n) is 3.38. The third kappa shape index (κ3) is 1.84. The van der Waals surface area contributed by atoms with Gasteiger partial charge in [0.1, 0.15) is 0 Å². The molecule has 1 amide bonds. The Labute approximate surface area is 97.1 Å². The molecule has 0 bridgehead atoms. The number of methoxy groups -OCH3 is 1. The number of hydrogen-bond acceptors (Lipinski definition) is 3. The van der Waals surface area contributed by atoms with E-state index in [-0.39, 0.29) is 11.3 Å². The average Bonchev–Trinajstić information content (AvgIpc) is 2.72. The van der Waals surface area contributed by atoms with E-state index in [2.05, 4.69) is 0 Å². The number of carbonyl (C=O) groups is 1. The van der Waals surface area contributed by atoms with Gasteiger partial charge in [0.15, 0.2) is 0 Å². The van der Waals surface area contributed by atoms with E-state index < -0.39 is 0 Å². The number of nitrogens with zero attached hydrogens (tertiary/aromatic N) is 1. The summed E-state index contributed by atoms with van der Waals surface area (Å²) in [5.74, 6) is 0.285. The summed E-state index contributed by atoms with van der Waals surface area (Å²) in [6.45, 7) is 2.07. The Balaban J connectivity index is 2.12.